The fourth-order valence-corrected chi connectivity index (χ4v) is 4.73. The number of carboxylic acid groups (broad SMARTS) is 1. The number of rotatable bonds is 11. The largest absolute Gasteiger partial charge is 0.480 e. The number of sulfonamides is 1. The van der Waals surface area contributed by atoms with Gasteiger partial charge in [0.1, 0.15) is 11.6 Å². The minimum Gasteiger partial charge on any atom is -0.480 e. The van der Waals surface area contributed by atoms with Crippen LogP contribution in [0.5, 0.6) is 0 Å². The molecular formula is C22H36N2O6S. The number of ether oxygens (including phenoxy) is 1. The number of aliphatic carboxylic acids is 1. The van der Waals surface area contributed by atoms with Crippen LogP contribution < -0.4 is 5.32 Å². The number of amides is 1. The van der Waals surface area contributed by atoms with E-state index in [1.807, 2.05) is 20.8 Å². The Balaban J connectivity index is 2.86. The molecule has 0 fully saturated rings. The smallest absolute Gasteiger partial charge is 0.407 e. The number of alkyl carbamates (subject to hydrolysis) is 1. The maximum Gasteiger partial charge on any atom is 0.407 e. The highest BCUT2D eigenvalue weighted by molar-refractivity contribution is 7.89. The van der Waals surface area contributed by atoms with Crippen LogP contribution in [0.1, 0.15) is 59.4 Å². The molecule has 0 saturated heterocycles. The lowest BCUT2D eigenvalue weighted by Gasteiger charge is -2.29. The molecule has 176 valence electrons. The number of hydrogen-bond acceptors (Lipinski definition) is 5. The van der Waals surface area contributed by atoms with E-state index in [-0.39, 0.29) is 23.8 Å². The van der Waals surface area contributed by atoms with Gasteiger partial charge < -0.3 is 15.2 Å². The van der Waals surface area contributed by atoms with Gasteiger partial charge in [0.05, 0.1) is 4.90 Å². The first kappa shape index (κ1) is 26.9. The summed E-state index contributed by atoms with van der Waals surface area (Å²) >= 11 is 0. The monoisotopic (exact) mass is 456 g/mol. The zero-order chi connectivity index (χ0) is 23.8. The molecule has 0 heterocycles. The second-order valence-corrected chi connectivity index (χ2v) is 11.0. The number of nitrogens with zero attached hydrogens (tertiary/aromatic N) is 1. The van der Waals surface area contributed by atoms with Crippen LogP contribution in [0.4, 0.5) is 4.79 Å². The van der Waals surface area contributed by atoms with Gasteiger partial charge in [-0.25, -0.2) is 13.2 Å². The van der Waals surface area contributed by atoms with Crippen LogP contribution in [0.15, 0.2) is 29.2 Å². The Morgan fingerprint density at radius 3 is 2.19 bits per heavy atom. The van der Waals surface area contributed by atoms with E-state index in [0.29, 0.717) is 19.4 Å². The minimum absolute atomic E-state index is 0.0455. The molecule has 1 aromatic carbocycles. The summed E-state index contributed by atoms with van der Waals surface area (Å²) in [5, 5.41) is 12.4. The zero-order valence-corrected chi connectivity index (χ0v) is 20.2. The molecule has 0 radical (unpaired) electrons. The summed E-state index contributed by atoms with van der Waals surface area (Å²) in [5.41, 5.74) is 0.321. The molecule has 0 saturated carbocycles. The average molecular weight is 457 g/mol. The number of nitrogens with one attached hydrogen (secondary N) is 1. The highest BCUT2D eigenvalue weighted by Crippen LogP contribution is 2.23. The molecule has 0 aromatic heterocycles. The molecule has 9 heteroatoms. The summed E-state index contributed by atoms with van der Waals surface area (Å²) < 4.78 is 32.7. The van der Waals surface area contributed by atoms with Crippen LogP contribution in [0, 0.1) is 12.8 Å². The maximum atomic E-state index is 13.2. The van der Waals surface area contributed by atoms with Crippen molar-refractivity contribution in [3.05, 3.63) is 29.8 Å². The van der Waals surface area contributed by atoms with E-state index in [2.05, 4.69) is 5.32 Å². The molecule has 1 atom stereocenters. The lowest BCUT2D eigenvalue weighted by atomic mass is 10.1. The Morgan fingerprint density at radius 2 is 1.71 bits per heavy atom. The predicted molar refractivity (Wildman–Crippen MR) is 119 cm³/mol. The van der Waals surface area contributed by atoms with Crippen LogP contribution in [-0.4, -0.2) is 54.6 Å². The molecule has 8 nitrogen and oxygen atoms in total. The second-order valence-electron chi connectivity index (χ2n) is 9.06. The number of benzene rings is 1. The van der Waals surface area contributed by atoms with E-state index in [1.165, 1.54) is 12.1 Å². The summed E-state index contributed by atoms with van der Waals surface area (Å²) in [6.07, 6.45) is 0.544. The summed E-state index contributed by atoms with van der Waals surface area (Å²) in [5.74, 6) is -1.23. The molecular weight excluding hydrogens is 420 g/mol. The summed E-state index contributed by atoms with van der Waals surface area (Å²) in [6, 6.07) is 5.20. The van der Waals surface area contributed by atoms with Crippen molar-refractivity contribution in [2.24, 2.45) is 5.92 Å². The molecule has 31 heavy (non-hydrogen) atoms. The Labute approximate surface area is 186 Å². The highest BCUT2D eigenvalue weighted by Gasteiger charge is 2.35. The van der Waals surface area contributed by atoms with Gasteiger partial charge in [0.25, 0.3) is 0 Å². The molecule has 0 bridgehead atoms. The molecule has 1 aromatic rings. The topological polar surface area (TPSA) is 113 Å². The Bertz CT molecular complexity index is 829. The van der Waals surface area contributed by atoms with Crippen LogP contribution in [0.2, 0.25) is 0 Å². The van der Waals surface area contributed by atoms with Gasteiger partial charge >= 0.3 is 12.1 Å². The molecule has 0 unspecified atom stereocenters. The predicted octanol–water partition coefficient (Wildman–Crippen LogP) is 3.79. The second kappa shape index (κ2) is 11.5. The van der Waals surface area contributed by atoms with Gasteiger partial charge in [-0.1, -0.05) is 31.5 Å². The Morgan fingerprint density at radius 1 is 1.13 bits per heavy atom. The number of unbranched alkanes of at least 4 members (excludes halogenated alkanes) is 1. The van der Waals surface area contributed by atoms with Crippen LogP contribution in [0.25, 0.3) is 0 Å². The van der Waals surface area contributed by atoms with Gasteiger partial charge in [0.2, 0.25) is 10.0 Å². The number of hydrogen-bond donors (Lipinski definition) is 2. The van der Waals surface area contributed by atoms with Gasteiger partial charge in [-0.15, -0.1) is 0 Å². The van der Waals surface area contributed by atoms with Crippen molar-refractivity contribution in [3.8, 4) is 0 Å². The molecule has 1 amide bonds. The summed E-state index contributed by atoms with van der Waals surface area (Å²) in [6.45, 7) is 11.3. The number of carbonyl (C=O) groups is 2. The van der Waals surface area contributed by atoms with E-state index in [0.717, 1.165) is 9.87 Å². The van der Waals surface area contributed by atoms with Gasteiger partial charge in [0, 0.05) is 13.1 Å². The van der Waals surface area contributed by atoms with Crippen molar-refractivity contribution in [2.45, 2.75) is 77.3 Å². The van der Waals surface area contributed by atoms with Crippen molar-refractivity contribution in [1.29, 1.82) is 0 Å². The standard InChI is InChI=1S/C22H36N2O6S/c1-16(2)15-24(31(28,29)18-12-10-17(3)11-13-18)19(20(25)26)9-7-8-14-23-21(27)30-22(4,5)6/h10-13,16,19H,7-9,14-15H2,1-6H3,(H,23,27)(H,25,26)/t19-/m0/s1. The van der Waals surface area contributed by atoms with Crippen molar-refractivity contribution < 1.29 is 27.9 Å². The van der Waals surface area contributed by atoms with E-state index in [4.69, 9.17) is 4.74 Å². The maximum absolute atomic E-state index is 13.2. The first-order valence-electron chi connectivity index (χ1n) is 10.5. The molecule has 2 N–H and O–H groups in total. The Kier molecular flexibility index (Phi) is 9.96. The fraction of sp³-hybridized carbons (Fsp3) is 0.636. The van der Waals surface area contributed by atoms with E-state index in [1.54, 1.807) is 32.9 Å². The minimum atomic E-state index is -3.97. The molecule has 1 rings (SSSR count). The molecule has 0 aliphatic heterocycles. The quantitative estimate of drug-likeness (QED) is 0.490. The van der Waals surface area contributed by atoms with Crippen molar-refractivity contribution in [1.82, 2.24) is 9.62 Å². The van der Waals surface area contributed by atoms with E-state index < -0.39 is 33.7 Å². The summed E-state index contributed by atoms with van der Waals surface area (Å²) in [4.78, 5) is 23.8. The van der Waals surface area contributed by atoms with E-state index >= 15 is 0 Å². The first-order valence-corrected chi connectivity index (χ1v) is 12.0. The fourth-order valence-electron chi connectivity index (χ4n) is 2.96. The van der Waals surface area contributed by atoms with Gasteiger partial charge in [0.15, 0.2) is 0 Å². The van der Waals surface area contributed by atoms with E-state index in [9.17, 15) is 23.1 Å². The lowest BCUT2D eigenvalue weighted by Crippen LogP contribution is -2.46. The number of carbonyl (C=O) groups excluding carboxylic acids is 1. The molecule has 0 spiro atoms. The number of aryl methyl sites for hydroxylation is 1. The third kappa shape index (κ3) is 9.26. The van der Waals surface area contributed by atoms with Crippen LogP contribution in [-0.2, 0) is 19.6 Å². The first-order chi connectivity index (χ1) is 14.2. The molecule has 0 aliphatic rings. The zero-order valence-electron chi connectivity index (χ0n) is 19.3. The van der Waals surface area contributed by atoms with Gasteiger partial charge in [-0.3, -0.25) is 4.79 Å². The average Bonchev–Trinajstić information content (AvgIpc) is 2.61. The number of carboxylic acids is 1. The normalized spacial score (nSPS) is 13.3. The van der Waals surface area contributed by atoms with Crippen molar-refractivity contribution in [3.63, 3.8) is 0 Å². The van der Waals surface area contributed by atoms with Crippen LogP contribution >= 0.6 is 0 Å². The SMILES string of the molecule is Cc1ccc(S(=O)(=O)N(CC(C)C)[C@@H](CCCCNC(=O)OC(C)(C)C)C(=O)O)cc1. The van der Waals surface area contributed by atoms with Gasteiger partial charge in [-0.05, 0) is 65.0 Å². The third-order valence-electron chi connectivity index (χ3n) is 4.38. The van der Waals surface area contributed by atoms with Crippen molar-refractivity contribution >= 4 is 22.1 Å². The lowest BCUT2D eigenvalue weighted by molar-refractivity contribution is -0.141. The highest BCUT2D eigenvalue weighted by atomic mass is 32.2. The Hall–Kier alpha value is -2.13. The molecule has 0 aliphatic carbocycles. The third-order valence-corrected chi connectivity index (χ3v) is 6.27. The van der Waals surface area contributed by atoms with Crippen molar-refractivity contribution in [2.75, 3.05) is 13.1 Å². The van der Waals surface area contributed by atoms with Crippen LogP contribution in [0.3, 0.4) is 0 Å². The van der Waals surface area contributed by atoms with Gasteiger partial charge in [-0.2, -0.15) is 4.31 Å². The summed E-state index contributed by atoms with van der Waals surface area (Å²) in [7, 11) is -3.97.